The van der Waals surface area contributed by atoms with Gasteiger partial charge in [0.15, 0.2) is 17.3 Å². The van der Waals surface area contributed by atoms with Crippen molar-refractivity contribution in [3.8, 4) is 17.2 Å². The average Bonchev–Trinajstić information content (AvgIpc) is 2.84. The lowest BCUT2D eigenvalue weighted by atomic mass is 10.2. The van der Waals surface area contributed by atoms with Crippen molar-refractivity contribution in [1.29, 1.82) is 0 Å². The molecule has 0 radical (unpaired) electrons. The largest absolute Gasteiger partial charge is 0.497 e. The van der Waals surface area contributed by atoms with Gasteiger partial charge in [-0.3, -0.25) is 9.62 Å². The second-order valence-corrected chi connectivity index (χ2v) is 9.01. The molecule has 10 nitrogen and oxygen atoms in total. The molecule has 1 N–H and O–H groups in total. The van der Waals surface area contributed by atoms with Crippen LogP contribution < -0.4 is 18.9 Å². The summed E-state index contributed by atoms with van der Waals surface area (Å²) in [5.74, 6) is 1.70. The van der Waals surface area contributed by atoms with E-state index in [4.69, 9.17) is 18.9 Å². The topological polar surface area (TPSA) is 112 Å². The number of sulfonamides is 1. The summed E-state index contributed by atoms with van der Waals surface area (Å²) in [5.41, 5.74) is 0.527. The number of nitrogens with one attached hydrogen (secondary N) is 1. The Morgan fingerprint density at radius 2 is 1.79 bits per heavy atom. The van der Waals surface area contributed by atoms with Crippen LogP contribution in [0.3, 0.4) is 0 Å². The maximum absolute atomic E-state index is 12.9. The Hall–Kier alpha value is -3.15. The monoisotopic (exact) mass is 474 g/mol. The van der Waals surface area contributed by atoms with E-state index in [1.54, 1.807) is 24.3 Å². The van der Waals surface area contributed by atoms with Crippen molar-refractivity contribution in [2.75, 3.05) is 58.4 Å². The van der Waals surface area contributed by atoms with Crippen LogP contribution in [0.25, 0.3) is 10.9 Å². The summed E-state index contributed by atoms with van der Waals surface area (Å²) < 4.78 is 50.2. The van der Waals surface area contributed by atoms with Gasteiger partial charge in [-0.2, -0.15) is 0 Å². The van der Waals surface area contributed by atoms with Crippen LogP contribution in [0.15, 0.2) is 47.6 Å². The number of rotatable bonds is 9. The molecule has 1 aliphatic heterocycles. The van der Waals surface area contributed by atoms with Crippen molar-refractivity contribution < 1.29 is 27.4 Å². The molecule has 1 saturated heterocycles. The molecule has 0 aliphatic carbocycles. The molecular weight excluding hydrogens is 448 g/mol. The van der Waals surface area contributed by atoms with Gasteiger partial charge in [-0.15, -0.1) is 0 Å². The molecule has 1 aromatic heterocycles. The number of morpholine rings is 1. The first-order chi connectivity index (χ1) is 16.0. The molecule has 0 spiro atoms. The number of methoxy groups -OCH3 is 2. The Morgan fingerprint density at radius 1 is 1.03 bits per heavy atom. The van der Waals surface area contributed by atoms with Gasteiger partial charge in [0.25, 0.3) is 10.0 Å². The molecule has 33 heavy (non-hydrogen) atoms. The van der Waals surface area contributed by atoms with Crippen molar-refractivity contribution in [1.82, 2.24) is 14.9 Å². The molecule has 4 rings (SSSR count). The Bertz CT molecular complexity index is 1200. The highest BCUT2D eigenvalue weighted by Crippen LogP contribution is 2.34. The second kappa shape index (κ2) is 10.2. The first-order valence-electron chi connectivity index (χ1n) is 10.4. The summed E-state index contributed by atoms with van der Waals surface area (Å²) in [6, 6.07) is 9.48. The van der Waals surface area contributed by atoms with Crippen molar-refractivity contribution in [3.05, 3.63) is 42.7 Å². The third-order valence-corrected chi connectivity index (χ3v) is 6.65. The summed E-state index contributed by atoms with van der Waals surface area (Å²) in [6.07, 6.45) is 1.30. The van der Waals surface area contributed by atoms with E-state index >= 15 is 0 Å². The molecule has 11 heteroatoms. The minimum absolute atomic E-state index is 0.0880. The average molecular weight is 475 g/mol. The molecule has 2 heterocycles. The van der Waals surface area contributed by atoms with E-state index in [9.17, 15) is 8.42 Å². The minimum Gasteiger partial charge on any atom is -0.497 e. The quantitative estimate of drug-likeness (QED) is 0.498. The fourth-order valence-corrected chi connectivity index (χ4v) is 4.50. The van der Waals surface area contributed by atoms with Gasteiger partial charge in [-0.1, -0.05) is 0 Å². The van der Waals surface area contributed by atoms with E-state index in [-0.39, 0.29) is 10.7 Å². The summed E-state index contributed by atoms with van der Waals surface area (Å²) in [5, 5.41) is 0.493. The Balaban J connectivity index is 1.55. The van der Waals surface area contributed by atoms with Gasteiger partial charge in [-0.05, 0) is 30.3 Å². The van der Waals surface area contributed by atoms with Crippen molar-refractivity contribution in [2.45, 2.75) is 4.90 Å². The first kappa shape index (κ1) is 23.0. The zero-order chi connectivity index (χ0) is 23.3. The van der Waals surface area contributed by atoms with Crippen LogP contribution >= 0.6 is 0 Å². The maximum atomic E-state index is 12.9. The lowest BCUT2D eigenvalue weighted by Crippen LogP contribution is -2.38. The molecule has 176 valence electrons. The van der Waals surface area contributed by atoms with E-state index in [0.29, 0.717) is 34.8 Å². The summed E-state index contributed by atoms with van der Waals surface area (Å²) in [6.45, 7) is 4.45. The summed E-state index contributed by atoms with van der Waals surface area (Å²) in [4.78, 5) is 10.8. The van der Waals surface area contributed by atoms with Crippen LogP contribution in [0.1, 0.15) is 0 Å². The molecule has 1 fully saturated rings. The maximum Gasteiger partial charge on any atom is 0.263 e. The van der Waals surface area contributed by atoms with Crippen LogP contribution in [-0.2, 0) is 14.8 Å². The lowest BCUT2D eigenvalue weighted by molar-refractivity contribution is 0.0321. The van der Waals surface area contributed by atoms with Crippen LogP contribution in [-0.4, -0.2) is 77.0 Å². The first-order valence-corrected chi connectivity index (χ1v) is 11.9. The van der Waals surface area contributed by atoms with Gasteiger partial charge in [0, 0.05) is 31.1 Å². The number of aromatic nitrogens is 2. The molecule has 0 amide bonds. The van der Waals surface area contributed by atoms with Crippen LogP contribution in [0.4, 0.5) is 5.82 Å². The standard InChI is InChI=1S/C22H26N4O6S/c1-29-16-3-5-17(6-4-16)33(27,28)25-22-18-13-20(30-2)21(14-19(18)23-15-24-22)32-12-9-26-7-10-31-11-8-26/h3-6,13-15H,7-12H2,1-2H3,(H,23,24,25). The predicted molar refractivity (Wildman–Crippen MR) is 123 cm³/mol. The van der Waals surface area contributed by atoms with Crippen molar-refractivity contribution >= 4 is 26.7 Å². The number of benzene rings is 2. The van der Waals surface area contributed by atoms with Gasteiger partial charge in [0.05, 0.1) is 37.8 Å². The number of nitrogens with zero attached hydrogens (tertiary/aromatic N) is 3. The SMILES string of the molecule is COc1ccc(S(=O)(=O)Nc2ncnc3cc(OCCN4CCOCC4)c(OC)cc23)cc1. The molecular formula is C22H26N4O6S. The van der Waals surface area contributed by atoms with E-state index in [1.165, 1.54) is 32.7 Å². The number of anilines is 1. The smallest absolute Gasteiger partial charge is 0.263 e. The summed E-state index contributed by atoms with van der Waals surface area (Å²) in [7, 11) is -0.824. The van der Waals surface area contributed by atoms with E-state index in [2.05, 4.69) is 19.6 Å². The highest BCUT2D eigenvalue weighted by atomic mass is 32.2. The lowest BCUT2D eigenvalue weighted by Gasteiger charge is -2.26. The molecule has 3 aromatic rings. The van der Waals surface area contributed by atoms with Crippen LogP contribution in [0, 0.1) is 0 Å². The van der Waals surface area contributed by atoms with E-state index in [0.717, 1.165) is 32.8 Å². The van der Waals surface area contributed by atoms with E-state index < -0.39 is 10.0 Å². The van der Waals surface area contributed by atoms with Gasteiger partial charge in [0.1, 0.15) is 18.7 Å². The van der Waals surface area contributed by atoms with E-state index in [1.807, 2.05) is 0 Å². The summed E-state index contributed by atoms with van der Waals surface area (Å²) >= 11 is 0. The molecule has 0 unspecified atom stereocenters. The number of ether oxygens (including phenoxy) is 4. The molecule has 2 aromatic carbocycles. The Labute approximate surface area is 192 Å². The third kappa shape index (κ3) is 5.44. The minimum atomic E-state index is -3.87. The Morgan fingerprint density at radius 3 is 2.48 bits per heavy atom. The highest BCUT2D eigenvalue weighted by molar-refractivity contribution is 7.92. The van der Waals surface area contributed by atoms with Crippen molar-refractivity contribution in [2.24, 2.45) is 0 Å². The molecule has 0 bridgehead atoms. The van der Waals surface area contributed by atoms with Crippen molar-refractivity contribution in [3.63, 3.8) is 0 Å². The second-order valence-electron chi connectivity index (χ2n) is 7.33. The predicted octanol–water partition coefficient (Wildman–Crippen LogP) is 2.16. The number of fused-ring (bicyclic) bond motifs is 1. The molecule has 1 aliphatic rings. The zero-order valence-electron chi connectivity index (χ0n) is 18.5. The highest BCUT2D eigenvalue weighted by Gasteiger charge is 2.19. The number of hydrogen-bond donors (Lipinski definition) is 1. The fraction of sp³-hybridized carbons (Fsp3) is 0.364. The molecule has 0 saturated carbocycles. The zero-order valence-corrected chi connectivity index (χ0v) is 19.3. The number of hydrogen-bond acceptors (Lipinski definition) is 9. The molecule has 0 atom stereocenters. The Kier molecular flexibility index (Phi) is 7.11. The van der Waals surface area contributed by atoms with Crippen LogP contribution in [0.2, 0.25) is 0 Å². The van der Waals surface area contributed by atoms with Crippen LogP contribution in [0.5, 0.6) is 17.2 Å². The normalized spacial score (nSPS) is 14.7. The third-order valence-electron chi connectivity index (χ3n) is 5.29. The van der Waals surface area contributed by atoms with Gasteiger partial charge < -0.3 is 18.9 Å². The fourth-order valence-electron chi connectivity index (χ4n) is 3.47. The van der Waals surface area contributed by atoms with Gasteiger partial charge >= 0.3 is 0 Å². The van der Waals surface area contributed by atoms with Gasteiger partial charge in [-0.25, -0.2) is 18.4 Å². The van der Waals surface area contributed by atoms with Gasteiger partial charge in [0.2, 0.25) is 0 Å².